The molecule has 0 saturated carbocycles. The number of amides is 1. The highest BCUT2D eigenvalue weighted by Gasteiger charge is 2.30. The van der Waals surface area contributed by atoms with Gasteiger partial charge in [-0.1, -0.05) is 66.7 Å². The molecule has 32 heavy (non-hydrogen) atoms. The van der Waals surface area contributed by atoms with Crippen LogP contribution in [0.15, 0.2) is 72.8 Å². The summed E-state index contributed by atoms with van der Waals surface area (Å²) >= 11 is 0. The monoisotopic (exact) mass is 432 g/mol. The Hall–Kier alpha value is -4.20. The molecule has 2 N–H and O–H groups in total. The van der Waals surface area contributed by atoms with Crippen LogP contribution in [0.2, 0.25) is 0 Å². The number of carboxylic acids is 1. The highest BCUT2D eigenvalue weighted by molar-refractivity contribution is 5.79. The lowest BCUT2D eigenvalue weighted by atomic mass is 9.98. The largest absolute Gasteiger partial charge is 0.481 e. The number of rotatable bonds is 7. The number of carbonyl (C=O) groups is 2. The van der Waals surface area contributed by atoms with Crippen molar-refractivity contribution in [2.75, 3.05) is 6.61 Å². The maximum Gasteiger partial charge on any atom is 0.407 e. The number of nitro benzene ring substituents is 1. The number of para-hydroxylation sites is 1. The Bertz CT molecular complexity index is 1150. The molecular formula is C24H20N2O6. The molecule has 1 aliphatic carbocycles. The first-order valence-corrected chi connectivity index (χ1v) is 10.0. The molecule has 0 aliphatic heterocycles. The molecule has 1 aliphatic rings. The van der Waals surface area contributed by atoms with Gasteiger partial charge in [-0.05, 0) is 22.3 Å². The van der Waals surface area contributed by atoms with E-state index >= 15 is 0 Å². The molecule has 0 aromatic heterocycles. The van der Waals surface area contributed by atoms with E-state index in [1.807, 2.05) is 48.5 Å². The summed E-state index contributed by atoms with van der Waals surface area (Å²) in [6.07, 6.45) is -1.36. The molecule has 8 heteroatoms. The third kappa shape index (κ3) is 4.15. The third-order valence-corrected chi connectivity index (χ3v) is 5.52. The first kappa shape index (κ1) is 21.0. The van der Waals surface area contributed by atoms with Crippen molar-refractivity contribution in [3.05, 3.63) is 99.6 Å². The van der Waals surface area contributed by atoms with Gasteiger partial charge < -0.3 is 15.2 Å². The van der Waals surface area contributed by atoms with Crippen molar-refractivity contribution in [2.45, 2.75) is 18.4 Å². The zero-order valence-electron chi connectivity index (χ0n) is 16.9. The number of hydrogen-bond donors (Lipinski definition) is 2. The molecule has 0 saturated heterocycles. The van der Waals surface area contributed by atoms with Gasteiger partial charge in [-0.3, -0.25) is 14.9 Å². The van der Waals surface area contributed by atoms with Crippen LogP contribution < -0.4 is 5.32 Å². The molecule has 4 rings (SSSR count). The lowest BCUT2D eigenvalue weighted by Gasteiger charge is -2.19. The molecule has 0 bridgehead atoms. The van der Waals surface area contributed by atoms with Gasteiger partial charge in [0.15, 0.2) is 0 Å². The summed E-state index contributed by atoms with van der Waals surface area (Å²) in [7, 11) is 0. The van der Waals surface area contributed by atoms with Gasteiger partial charge in [-0.2, -0.15) is 0 Å². The molecule has 0 radical (unpaired) electrons. The number of ether oxygens (including phenoxy) is 1. The van der Waals surface area contributed by atoms with Gasteiger partial charge in [0, 0.05) is 12.0 Å². The number of carboxylic acid groups (broad SMARTS) is 1. The predicted octanol–water partition coefficient (Wildman–Crippen LogP) is 4.65. The number of benzene rings is 3. The molecule has 8 nitrogen and oxygen atoms in total. The second kappa shape index (κ2) is 8.89. The zero-order chi connectivity index (χ0) is 22.7. The van der Waals surface area contributed by atoms with Gasteiger partial charge in [-0.15, -0.1) is 0 Å². The number of aliphatic carboxylic acids is 1. The maximum absolute atomic E-state index is 12.6. The Labute approximate surface area is 183 Å². The van der Waals surface area contributed by atoms with Crippen LogP contribution in [0.3, 0.4) is 0 Å². The van der Waals surface area contributed by atoms with E-state index in [1.165, 1.54) is 18.2 Å². The van der Waals surface area contributed by atoms with Crippen molar-refractivity contribution >= 4 is 17.7 Å². The summed E-state index contributed by atoms with van der Waals surface area (Å²) in [5.41, 5.74) is 4.09. The normalized spacial score (nSPS) is 13.0. The molecular weight excluding hydrogens is 412 g/mol. The molecule has 0 spiro atoms. The molecule has 3 aromatic rings. The Morgan fingerprint density at radius 3 is 2.12 bits per heavy atom. The average molecular weight is 432 g/mol. The molecule has 3 aromatic carbocycles. The second-order valence-electron chi connectivity index (χ2n) is 7.44. The summed E-state index contributed by atoms with van der Waals surface area (Å²) in [6.45, 7) is 0.0521. The Kier molecular flexibility index (Phi) is 5.85. The molecule has 0 heterocycles. The quantitative estimate of drug-likeness (QED) is 0.414. The summed E-state index contributed by atoms with van der Waals surface area (Å²) in [5, 5.41) is 23.1. The summed E-state index contributed by atoms with van der Waals surface area (Å²) in [5.74, 6) is -1.36. The molecule has 0 fully saturated rings. The van der Waals surface area contributed by atoms with Gasteiger partial charge in [0.2, 0.25) is 0 Å². The Morgan fingerprint density at radius 2 is 1.53 bits per heavy atom. The van der Waals surface area contributed by atoms with Crippen molar-refractivity contribution in [1.29, 1.82) is 0 Å². The highest BCUT2D eigenvalue weighted by atomic mass is 16.6. The average Bonchev–Trinajstić information content (AvgIpc) is 3.11. The van der Waals surface area contributed by atoms with Crippen molar-refractivity contribution in [3.63, 3.8) is 0 Å². The van der Waals surface area contributed by atoms with E-state index in [1.54, 1.807) is 6.07 Å². The fourth-order valence-corrected chi connectivity index (χ4v) is 4.14. The number of nitrogens with zero attached hydrogens (tertiary/aromatic N) is 1. The van der Waals surface area contributed by atoms with Crippen LogP contribution >= 0.6 is 0 Å². The van der Waals surface area contributed by atoms with E-state index in [9.17, 15) is 24.8 Å². The van der Waals surface area contributed by atoms with Gasteiger partial charge in [0.1, 0.15) is 6.61 Å². The minimum Gasteiger partial charge on any atom is -0.481 e. The van der Waals surface area contributed by atoms with Gasteiger partial charge in [0.05, 0.1) is 22.9 Å². The number of nitrogens with one attached hydrogen (secondary N) is 1. The lowest BCUT2D eigenvalue weighted by molar-refractivity contribution is -0.385. The van der Waals surface area contributed by atoms with Crippen molar-refractivity contribution in [2.24, 2.45) is 0 Å². The van der Waals surface area contributed by atoms with E-state index in [-0.39, 0.29) is 23.8 Å². The topological polar surface area (TPSA) is 119 Å². The summed E-state index contributed by atoms with van der Waals surface area (Å²) in [4.78, 5) is 34.6. The van der Waals surface area contributed by atoms with Crippen molar-refractivity contribution in [1.82, 2.24) is 5.32 Å². The molecule has 1 amide bonds. The van der Waals surface area contributed by atoms with E-state index in [0.717, 1.165) is 22.3 Å². The van der Waals surface area contributed by atoms with Crippen molar-refractivity contribution in [3.8, 4) is 11.1 Å². The number of hydrogen-bond acceptors (Lipinski definition) is 5. The minimum atomic E-state index is -1.20. The Morgan fingerprint density at radius 1 is 0.969 bits per heavy atom. The lowest BCUT2D eigenvalue weighted by Crippen LogP contribution is -2.32. The molecule has 162 valence electrons. The van der Waals surface area contributed by atoms with E-state index in [2.05, 4.69) is 5.32 Å². The van der Waals surface area contributed by atoms with Crippen molar-refractivity contribution < 1.29 is 24.4 Å². The SMILES string of the molecule is O=C(O)C[C@@H](NC(=O)OCC1c2ccccc2-c2ccccc21)c1ccccc1[N+](=O)[O-]. The van der Waals surface area contributed by atoms with Gasteiger partial charge >= 0.3 is 12.1 Å². The maximum atomic E-state index is 12.6. The van der Waals surface area contributed by atoms with Gasteiger partial charge in [-0.25, -0.2) is 4.79 Å². The second-order valence-corrected chi connectivity index (χ2v) is 7.44. The predicted molar refractivity (Wildman–Crippen MR) is 116 cm³/mol. The Balaban J connectivity index is 1.52. The summed E-state index contributed by atoms with van der Waals surface area (Å²) < 4.78 is 5.46. The summed E-state index contributed by atoms with van der Waals surface area (Å²) in [6, 6.07) is 20.4. The smallest absolute Gasteiger partial charge is 0.407 e. The molecule has 1 atom stereocenters. The third-order valence-electron chi connectivity index (χ3n) is 5.52. The number of alkyl carbamates (subject to hydrolysis) is 1. The first-order chi connectivity index (χ1) is 15.5. The first-order valence-electron chi connectivity index (χ1n) is 10.0. The van der Waals surface area contributed by atoms with Crippen LogP contribution in [-0.4, -0.2) is 28.7 Å². The standard InChI is InChI=1S/C24H20N2O6/c27-23(28)13-21(19-11-5-6-12-22(19)26(30)31)25-24(29)32-14-20-17-9-3-1-7-15(17)16-8-2-4-10-18(16)20/h1-12,20-21H,13-14H2,(H,25,29)(H,27,28)/t21-/m1/s1. The highest BCUT2D eigenvalue weighted by Crippen LogP contribution is 2.44. The van der Waals surface area contributed by atoms with Crippen LogP contribution in [0, 0.1) is 10.1 Å². The molecule has 0 unspecified atom stereocenters. The number of fused-ring (bicyclic) bond motifs is 3. The fourth-order valence-electron chi connectivity index (χ4n) is 4.14. The number of nitro groups is 1. The van der Waals surface area contributed by atoms with Crippen LogP contribution in [0.1, 0.15) is 35.1 Å². The zero-order valence-corrected chi connectivity index (χ0v) is 16.9. The fraction of sp³-hybridized carbons (Fsp3) is 0.167. The number of carbonyl (C=O) groups excluding carboxylic acids is 1. The van der Waals surface area contributed by atoms with Crippen LogP contribution in [0.25, 0.3) is 11.1 Å². The van der Waals surface area contributed by atoms with Crippen LogP contribution in [0.4, 0.5) is 10.5 Å². The van der Waals surface area contributed by atoms with Crippen LogP contribution in [0.5, 0.6) is 0 Å². The van der Waals surface area contributed by atoms with E-state index in [0.29, 0.717) is 0 Å². The van der Waals surface area contributed by atoms with E-state index in [4.69, 9.17) is 4.74 Å². The van der Waals surface area contributed by atoms with E-state index < -0.39 is 29.4 Å². The minimum absolute atomic E-state index is 0.0521. The van der Waals surface area contributed by atoms with Gasteiger partial charge in [0.25, 0.3) is 5.69 Å². The van der Waals surface area contributed by atoms with Crippen LogP contribution in [-0.2, 0) is 9.53 Å².